The summed E-state index contributed by atoms with van der Waals surface area (Å²) in [6.45, 7) is 2.77. The fourth-order valence-electron chi connectivity index (χ4n) is 3.42. The third-order valence-electron chi connectivity index (χ3n) is 5.12. The van der Waals surface area contributed by atoms with E-state index in [1.54, 1.807) is 48.5 Å². The van der Waals surface area contributed by atoms with Crippen LogP contribution in [0.1, 0.15) is 23.6 Å². The maximum absolute atomic E-state index is 13.0. The number of rotatable bonds is 8. The molecule has 0 N–H and O–H groups in total. The summed E-state index contributed by atoms with van der Waals surface area (Å²) in [5, 5.41) is 1.21. The van der Waals surface area contributed by atoms with Gasteiger partial charge in [0.2, 0.25) is 0 Å². The van der Waals surface area contributed by atoms with E-state index in [2.05, 4.69) is 22.6 Å². The van der Waals surface area contributed by atoms with Gasteiger partial charge < -0.3 is 9.47 Å². The highest BCUT2D eigenvalue weighted by atomic mass is 127. The first-order valence-corrected chi connectivity index (χ1v) is 13.8. The van der Waals surface area contributed by atoms with E-state index in [9.17, 15) is 9.59 Å². The monoisotopic (exact) mass is 673 g/mol. The molecule has 5 nitrogen and oxygen atoms in total. The molecule has 186 valence electrons. The minimum absolute atomic E-state index is 0.183. The second-order valence-corrected chi connectivity index (χ2v) is 11.1. The van der Waals surface area contributed by atoms with Gasteiger partial charge in [-0.2, -0.15) is 0 Å². The number of carbonyl (C=O) groups excluding carboxylic acids is 2. The summed E-state index contributed by atoms with van der Waals surface area (Å²) in [5.41, 5.74) is 2.41. The molecule has 0 radical (unpaired) electrons. The Morgan fingerprint density at radius 2 is 1.67 bits per heavy atom. The van der Waals surface area contributed by atoms with Gasteiger partial charge in [0, 0.05) is 5.02 Å². The lowest BCUT2D eigenvalue weighted by Crippen LogP contribution is -2.27. The topological polar surface area (TPSA) is 55.8 Å². The van der Waals surface area contributed by atoms with Gasteiger partial charge in [-0.1, -0.05) is 53.0 Å². The zero-order valence-corrected chi connectivity index (χ0v) is 24.1. The van der Waals surface area contributed by atoms with Crippen molar-refractivity contribution in [3.8, 4) is 11.5 Å². The van der Waals surface area contributed by atoms with Gasteiger partial charge >= 0.3 is 0 Å². The molecule has 36 heavy (non-hydrogen) atoms. The molecule has 1 saturated heterocycles. The van der Waals surface area contributed by atoms with Crippen molar-refractivity contribution >= 4 is 86.4 Å². The van der Waals surface area contributed by atoms with E-state index in [1.807, 2.05) is 19.1 Å². The van der Waals surface area contributed by atoms with E-state index >= 15 is 0 Å². The molecule has 4 rings (SSSR count). The number of ether oxygens (including phenoxy) is 2. The largest absolute Gasteiger partial charge is 0.490 e. The van der Waals surface area contributed by atoms with Crippen molar-refractivity contribution in [1.82, 2.24) is 4.90 Å². The van der Waals surface area contributed by atoms with E-state index < -0.39 is 0 Å². The van der Waals surface area contributed by atoms with Crippen molar-refractivity contribution in [3.05, 3.63) is 94.8 Å². The molecule has 2 amide bonds. The van der Waals surface area contributed by atoms with Crippen LogP contribution >= 0.6 is 69.2 Å². The third-order valence-corrected chi connectivity index (χ3v) is 7.82. The van der Waals surface area contributed by atoms with Crippen LogP contribution in [0.25, 0.3) is 6.08 Å². The van der Waals surface area contributed by atoms with E-state index in [-0.39, 0.29) is 24.3 Å². The van der Waals surface area contributed by atoms with E-state index in [4.69, 9.17) is 44.3 Å². The van der Waals surface area contributed by atoms with Crippen LogP contribution in [0.15, 0.2) is 59.5 Å². The number of carbonyl (C=O) groups is 2. The predicted molar refractivity (Wildman–Crippen MR) is 154 cm³/mol. The maximum Gasteiger partial charge on any atom is 0.293 e. The van der Waals surface area contributed by atoms with Crippen LogP contribution in [0, 0.1) is 3.57 Å². The normalized spacial score (nSPS) is 14.6. The second kappa shape index (κ2) is 12.1. The SMILES string of the molecule is CCOc1cc(/C=C2\SC(=O)N(Cc3ccc(Cl)cc3)C2=O)cc(I)c1OCc1ccc(Cl)c(Cl)c1. The van der Waals surface area contributed by atoms with Gasteiger partial charge in [0.05, 0.1) is 31.7 Å². The lowest BCUT2D eigenvalue weighted by Gasteiger charge is -2.15. The molecule has 1 fully saturated rings. The number of halogens is 4. The standard InChI is InChI=1S/C26H19Cl3INO4S/c1-2-34-22-11-17(10-21(30)24(22)35-14-16-5-8-19(28)20(29)9-16)12-23-25(32)31(26(33)36-23)13-15-3-6-18(27)7-4-15/h3-12H,2,13-14H2,1H3/b23-12-. The van der Waals surface area contributed by atoms with Gasteiger partial charge in [0.1, 0.15) is 6.61 Å². The number of hydrogen-bond acceptors (Lipinski definition) is 5. The first-order valence-electron chi connectivity index (χ1n) is 10.8. The highest BCUT2D eigenvalue weighted by Gasteiger charge is 2.35. The number of imide groups is 1. The van der Waals surface area contributed by atoms with Crippen LogP contribution in [0.3, 0.4) is 0 Å². The van der Waals surface area contributed by atoms with Crippen LogP contribution in [0.4, 0.5) is 4.79 Å². The van der Waals surface area contributed by atoms with Crippen LogP contribution < -0.4 is 9.47 Å². The third kappa shape index (κ3) is 6.50. The summed E-state index contributed by atoms with van der Waals surface area (Å²) in [7, 11) is 0. The number of amides is 2. The van der Waals surface area contributed by atoms with E-state index in [0.717, 1.165) is 32.0 Å². The fraction of sp³-hybridized carbons (Fsp3) is 0.154. The summed E-state index contributed by atoms with van der Waals surface area (Å²) >= 11 is 21.1. The number of thioether (sulfide) groups is 1. The Morgan fingerprint density at radius 3 is 2.36 bits per heavy atom. The van der Waals surface area contributed by atoms with Crippen LogP contribution in [0.2, 0.25) is 15.1 Å². The minimum Gasteiger partial charge on any atom is -0.490 e. The van der Waals surface area contributed by atoms with Crippen molar-refractivity contribution in [3.63, 3.8) is 0 Å². The van der Waals surface area contributed by atoms with Crippen LogP contribution in [-0.2, 0) is 17.9 Å². The Kier molecular flexibility index (Phi) is 9.11. The zero-order chi connectivity index (χ0) is 25.8. The second-order valence-electron chi connectivity index (χ2n) is 7.69. The lowest BCUT2D eigenvalue weighted by atomic mass is 10.1. The molecule has 0 bridgehead atoms. The van der Waals surface area contributed by atoms with Crippen molar-refractivity contribution in [1.29, 1.82) is 0 Å². The first-order chi connectivity index (χ1) is 17.2. The number of hydrogen-bond donors (Lipinski definition) is 0. The number of nitrogens with zero attached hydrogens (tertiary/aromatic N) is 1. The summed E-state index contributed by atoms with van der Waals surface area (Å²) in [6.07, 6.45) is 1.69. The molecule has 3 aromatic rings. The molecule has 1 heterocycles. The van der Waals surface area contributed by atoms with Crippen LogP contribution in [-0.4, -0.2) is 22.7 Å². The Balaban J connectivity index is 1.54. The molecule has 1 aliphatic rings. The van der Waals surface area contributed by atoms with Gasteiger partial charge in [0.15, 0.2) is 11.5 Å². The molecule has 0 aliphatic carbocycles. The summed E-state index contributed by atoms with van der Waals surface area (Å²) in [4.78, 5) is 27.1. The summed E-state index contributed by atoms with van der Waals surface area (Å²) in [6, 6.07) is 16.0. The van der Waals surface area contributed by atoms with Crippen molar-refractivity contribution in [2.24, 2.45) is 0 Å². The maximum atomic E-state index is 13.0. The Bertz CT molecular complexity index is 1350. The van der Waals surface area contributed by atoms with Crippen molar-refractivity contribution in [2.45, 2.75) is 20.1 Å². The Morgan fingerprint density at radius 1 is 0.944 bits per heavy atom. The Hall–Kier alpha value is -1.91. The molecular weight excluding hydrogens is 656 g/mol. The summed E-state index contributed by atoms with van der Waals surface area (Å²) in [5.74, 6) is 0.778. The zero-order valence-electron chi connectivity index (χ0n) is 18.9. The van der Waals surface area contributed by atoms with Gasteiger partial charge in [-0.05, 0) is 100 Å². The highest BCUT2D eigenvalue weighted by Crippen LogP contribution is 2.38. The molecule has 0 atom stereocenters. The predicted octanol–water partition coefficient (Wildman–Crippen LogP) is 8.47. The van der Waals surface area contributed by atoms with Crippen molar-refractivity contribution < 1.29 is 19.1 Å². The fourth-order valence-corrected chi connectivity index (χ4v) is 5.49. The van der Waals surface area contributed by atoms with E-state index in [1.165, 1.54) is 4.90 Å². The number of benzene rings is 3. The smallest absolute Gasteiger partial charge is 0.293 e. The lowest BCUT2D eigenvalue weighted by molar-refractivity contribution is -0.123. The molecule has 0 aromatic heterocycles. The molecule has 1 aliphatic heterocycles. The van der Waals surface area contributed by atoms with Crippen molar-refractivity contribution in [2.75, 3.05) is 6.61 Å². The molecular formula is C26H19Cl3INO4S. The average molecular weight is 675 g/mol. The molecule has 0 spiro atoms. The average Bonchev–Trinajstić information content (AvgIpc) is 3.09. The Labute approximate surface area is 241 Å². The quantitative estimate of drug-likeness (QED) is 0.177. The molecule has 0 saturated carbocycles. The van der Waals surface area contributed by atoms with Gasteiger partial charge in [-0.3, -0.25) is 14.5 Å². The first kappa shape index (κ1) is 27.1. The van der Waals surface area contributed by atoms with Gasteiger partial charge in [-0.25, -0.2) is 0 Å². The summed E-state index contributed by atoms with van der Waals surface area (Å²) < 4.78 is 12.7. The van der Waals surface area contributed by atoms with E-state index in [0.29, 0.717) is 38.1 Å². The molecule has 3 aromatic carbocycles. The van der Waals surface area contributed by atoms with Gasteiger partial charge in [-0.15, -0.1) is 0 Å². The molecule has 0 unspecified atom stereocenters. The molecule has 10 heteroatoms. The minimum atomic E-state index is -0.340. The van der Waals surface area contributed by atoms with Gasteiger partial charge in [0.25, 0.3) is 11.1 Å². The highest BCUT2D eigenvalue weighted by molar-refractivity contribution is 14.1. The van der Waals surface area contributed by atoms with Crippen LogP contribution in [0.5, 0.6) is 11.5 Å².